The molecule has 0 saturated carbocycles. The molecule has 2 heterocycles. The SMILES string of the molecule is COc1cc2c(cc1OC)C(c1cccs1)N(CC(O)COc1cccc(C)c1)CC2. The number of hydrogen-bond acceptors (Lipinski definition) is 6. The Morgan fingerprint density at radius 1 is 1.10 bits per heavy atom. The number of hydrogen-bond donors (Lipinski definition) is 1. The number of ether oxygens (including phenoxy) is 3. The van der Waals surface area contributed by atoms with Gasteiger partial charge in [0.25, 0.3) is 0 Å². The van der Waals surface area contributed by atoms with Crippen molar-refractivity contribution in [1.29, 1.82) is 0 Å². The topological polar surface area (TPSA) is 51.2 Å². The van der Waals surface area contributed by atoms with E-state index in [9.17, 15) is 5.11 Å². The molecule has 1 N–H and O–H groups in total. The number of benzene rings is 2. The van der Waals surface area contributed by atoms with Gasteiger partial charge in [-0.25, -0.2) is 0 Å². The number of fused-ring (bicyclic) bond motifs is 1. The Labute approximate surface area is 187 Å². The fourth-order valence-electron chi connectivity index (χ4n) is 4.20. The molecule has 1 aliphatic heterocycles. The first-order chi connectivity index (χ1) is 15.1. The van der Waals surface area contributed by atoms with Gasteiger partial charge in [0, 0.05) is 18.0 Å². The first-order valence-electron chi connectivity index (χ1n) is 10.5. The van der Waals surface area contributed by atoms with Crippen LogP contribution in [0.25, 0.3) is 0 Å². The fraction of sp³-hybridized carbons (Fsp3) is 0.360. The molecule has 164 valence electrons. The van der Waals surface area contributed by atoms with Crippen molar-refractivity contribution in [2.45, 2.75) is 25.5 Å². The fourth-order valence-corrected chi connectivity index (χ4v) is 5.07. The first-order valence-corrected chi connectivity index (χ1v) is 11.4. The number of β-amino-alcohol motifs (C(OH)–C–C–N with tert-alkyl or cyclic N) is 1. The Kier molecular flexibility index (Phi) is 6.80. The molecule has 1 aromatic heterocycles. The van der Waals surface area contributed by atoms with Crippen molar-refractivity contribution in [3.63, 3.8) is 0 Å². The molecule has 0 spiro atoms. The molecular weight excluding hydrogens is 410 g/mol. The Hall–Kier alpha value is -2.54. The number of aliphatic hydroxyl groups excluding tert-OH is 1. The zero-order valence-electron chi connectivity index (χ0n) is 18.2. The van der Waals surface area contributed by atoms with Crippen LogP contribution in [0, 0.1) is 6.92 Å². The molecule has 0 aliphatic carbocycles. The second-order valence-corrected chi connectivity index (χ2v) is 8.83. The van der Waals surface area contributed by atoms with Gasteiger partial charge in [-0.3, -0.25) is 4.90 Å². The highest BCUT2D eigenvalue weighted by atomic mass is 32.1. The van der Waals surface area contributed by atoms with Gasteiger partial charge in [0.05, 0.1) is 20.3 Å². The lowest BCUT2D eigenvalue weighted by atomic mass is 9.90. The van der Waals surface area contributed by atoms with E-state index in [1.807, 2.05) is 31.2 Å². The molecule has 31 heavy (non-hydrogen) atoms. The minimum atomic E-state index is -0.593. The van der Waals surface area contributed by atoms with Crippen LogP contribution in [0.15, 0.2) is 53.9 Å². The van der Waals surface area contributed by atoms with Gasteiger partial charge in [0.15, 0.2) is 11.5 Å². The molecule has 5 nitrogen and oxygen atoms in total. The second kappa shape index (κ2) is 9.73. The van der Waals surface area contributed by atoms with Crippen molar-refractivity contribution in [2.24, 2.45) is 0 Å². The molecule has 2 unspecified atom stereocenters. The smallest absolute Gasteiger partial charge is 0.161 e. The minimum absolute atomic E-state index is 0.0668. The van der Waals surface area contributed by atoms with Gasteiger partial charge in [-0.2, -0.15) is 0 Å². The van der Waals surface area contributed by atoms with Crippen molar-refractivity contribution >= 4 is 11.3 Å². The van der Waals surface area contributed by atoms with E-state index in [1.54, 1.807) is 25.6 Å². The van der Waals surface area contributed by atoms with Gasteiger partial charge in [-0.1, -0.05) is 18.2 Å². The summed E-state index contributed by atoms with van der Waals surface area (Å²) in [7, 11) is 3.33. The molecule has 0 fully saturated rings. The molecule has 0 saturated heterocycles. The molecule has 6 heteroatoms. The van der Waals surface area contributed by atoms with E-state index in [2.05, 4.69) is 34.5 Å². The van der Waals surface area contributed by atoms with Crippen LogP contribution in [0.1, 0.15) is 27.6 Å². The standard InChI is InChI=1S/C25H29NO4S/c1-17-6-4-7-20(12-17)30-16-19(27)15-26-10-9-18-13-22(28-2)23(29-3)14-21(18)25(26)24-8-5-11-31-24/h4-8,11-14,19,25,27H,9-10,15-16H2,1-3H3. The van der Waals surface area contributed by atoms with Gasteiger partial charge in [0.1, 0.15) is 18.5 Å². The molecule has 4 rings (SSSR count). The van der Waals surface area contributed by atoms with E-state index in [-0.39, 0.29) is 12.6 Å². The van der Waals surface area contributed by atoms with Crippen LogP contribution in [0.2, 0.25) is 0 Å². The zero-order valence-corrected chi connectivity index (χ0v) is 19.0. The van der Waals surface area contributed by atoms with E-state index in [0.717, 1.165) is 35.8 Å². The third-order valence-corrected chi connectivity index (χ3v) is 6.59. The van der Waals surface area contributed by atoms with Crippen LogP contribution in [-0.4, -0.2) is 50.0 Å². The predicted molar refractivity (Wildman–Crippen MR) is 124 cm³/mol. The zero-order chi connectivity index (χ0) is 21.8. The normalized spacial score (nSPS) is 17.1. The highest BCUT2D eigenvalue weighted by Gasteiger charge is 2.32. The summed E-state index contributed by atoms with van der Waals surface area (Å²) in [5.41, 5.74) is 3.61. The lowest BCUT2D eigenvalue weighted by Gasteiger charge is -2.38. The van der Waals surface area contributed by atoms with Crippen LogP contribution in [0.3, 0.4) is 0 Å². The molecule has 2 aromatic carbocycles. The molecule has 0 radical (unpaired) electrons. The maximum atomic E-state index is 10.8. The van der Waals surface area contributed by atoms with Crippen molar-refractivity contribution < 1.29 is 19.3 Å². The third kappa shape index (κ3) is 4.87. The first kappa shape index (κ1) is 21.7. The van der Waals surface area contributed by atoms with E-state index in [1.165, 1.54) is 16.0 Å². The number of rotatable bonds is 8. The van der Waals surface area contributed by atoms with Crippen LogP contribution in [0.4, 0.5) is 0 Å². The Morgan fingerprint density at radius 2 is 1.90 bits per heavy atom. The van der Waals surface area contributed by atoms with Gasteiger partial charge in [-0.15, -0.1) is 11.3 Å². The highest BCUT2D eigenvalue weighted by Crippen LogP contribution is 2.42. The molecule has 0 bridgehead atoms. The average molecular weight is 440 g/mol. The van der Waals surface area contributed by atoms with Crippen molar-refractivity contribution in [3.05, 3.63) is 75.5 Å². The number of thiophene rings is 1. The average Bonchev–Trinajstić information content (AvgIpc) is 3.31. The highest BCUT2D eigenvalue weighted by molar-refractivity contribution is 7.10. The minimum Gasteiger partial charge on any atom is -0.493 e. The molecular formula is C25H29NO4S. The third-order valence-electron chi connectivity index (χ3n) is 5.66. The summed E-state index contributed by atoms with van der Waals surface area (Å²) in [5.74, 6) is 2.27. The molecule has 3 aromatic rings. The maximum absolute atomic E-state index is 10.8. The van der Waals surface area contributed by atoms with E-state index >= 15 is 0 Å². The van der Waals surface area contributed by atoms with E-state index in [4.69, 9.17) is 14.2 Å². The van der Waals surface area contributed by atoms with Crippen LogP contribution in [0.5, 0.6) is 17.2 Å². The van der Waals surface area contributed by atoms with Crippen LogP contribution in [-0.2, 0) is 6.42 Å². The van der Waals surface area contributed by atoms with Crippen molar-refractivity contribution in [1.82, 2.24) is 4.90 Å². The van der Waals surface area contributed by atoms with Gasteiger partial charge in [-0.05, 0) is 65.7 Å². The van der Waals surface area contributed by atoms with Gasteiger partial charge < -0.3 is 19.3 Å². The second-order valence-electron chi connectivity index (χ2n) is 7.85. The van der Waals surface area contributed by atoms with Gasteiger partial charge in [0.2, 0.25) is 0 Å². The summed E-state index contributed by atoms with van der Waals surface area (Å²) in [6.45, 7) is 3.67. The molecule has 1 aliphatic rings. The summed E-state index contributed by atoms with van der Waals surface area (Å²) < 4.78 is 16.9. The van der Waals surface area contributed by atoms with Crippen molar-refractivity contribution in [3.8, 4) is 17.2 Å². The van der Waals surface area contributed by atoms with Gasteiger partial charge >= 0.3 is 0 Å². The number of nitrogens with zero attached hydrogens (tertiary/aromatic N) is 1. The maximum Gasteiger partial charge on any atom is 0.161 e. The number of aliphatic hydroxyl groups is 1. The molecule has 0 amide bonds. The van der Waals surface area contributed by atoms with E-state index < -0.39 is 6.10 Å². The molecule has 2 atom stereocenters. The Balaban J connectivity index is 1.55. The summed E-state index contributed by atoms with van der Waals surface area (Å²) in [6, 6.07) is 16.4. The predicted octanol–water partition coefficient (Wildman–Crippen LogP) is 4.46. The summed E-state index contributed by atoms with van der Waals surface area (Å²) in [6.07, 6.45) is 0.299. The van der Waals surface area contributed by atoms with Crippen LogP contribution < -0.4 is 14.2 Å². The number of methoxy groups -OCH3 is 2. The quantitative estimate of drug-likeness (QED) is 0.562. The lowest BCUT2D eigenvalue weighted by Crippen LogP contribution is -2.42. The Bertz CT molecular complexity index is 1000. The largest absolute Gasteiger partial charge is 0.493 e. The Morgan fingerprint density at radius 3 is 2.61 bits per heavy atom. The van der Waals surface area contributed by atoms with Crippen molar-refractivity contribution in [2.75, 3.05) is 33.9 Å². The number of aryl methyl sites for hydroxylation is 1. The lowest BCUT2D eigenvalue weighted by molar-refractivity contribution is 0.0558. The summed E-state index contributed by atoms with van der Waals surface area (Å²) >= 11 is 1.73. The summed E-state index contributed by atoms with van der Waals surface area (Å²) in [5, 5.41) is 12.9. The summed E-state index contributed by atoms with van der Waals surface area (Å²) in [4.78, 5) is 3.59. The monoisotopic (exact) mass is 439 g/mol. The van der Waals surface area contributed by atoms with E-state index in [0.29, 0.717) is 6.54 Å². The van der Waals surface area contributed by atoms with Crippen LogP contribution >= 0.6 is 11.3 Å².